The average molecular weight is 503 g/mol. The number of halogens is 4. The lowest BCUT2D eigenvalue weighted by Crippen LogP contribution is -2.46. The van der Waals surface area contributed by atoms with Gasteiger partial charge in [0.05, 0.1) is 12.6 Å². The van der Waals surface area contributed by atoms with E-state index in [0.717, 1.165) is 35.2 Å². The van der Waals surface area contributed by atoms with E-state index in [2.05, 4.69) is 36.5 Å². The molecule has 3 aromatic carbocycles. The number of carboxylic acids is 1. The quantitative estimate of drug-likeness (QED) is 0.452. The maximum absolute atomic E-state index is 13.6. The third-order valence-corrected chi connectivity index (χ3v) is 5.81. The first kappa shape index (κ1) is 26.9. The molecule has 3 aromatic rings. The molecule has 9 heteroatoms. The van der Waals surface area contributed by atoms with E-state index >= 15 is 0 Å². The molecule has 2 N–H and O–H groups in total. The molecule has 0 saturated carbocycles. The molecule has 36 heavy (non-hydrogen) atoms. The van der Waals surface area contributed by atoms with Crippen LogP contribution in [0.15, 0.2) is 78.9 Å². The van der Waals surface area contributed by atoms with Gasteiger partial charge in [-0.1, -0.05) is 60.7 Å². The summed E-state index contributed by atoms with van der Waals surface area (Å²) >= 11 is 0. The fraction of sp³-hybridized carbons (Fsp3) is 0.259. The number of hydrogen-bond donors (Lipinski definition) is 2. The molecule has 0 bridgehead atoms. The second kappa shape index (κ2) is 11.8. The van der Waals surface area contributed by atoms with Gasteiger partial charge in [-0.25, -0.2) is 9.18 Å². The fourth-order valence-electron chi connectivity index (χ4n) is 4.09. The Morgan fingerprint density at radius 1 is 1.00 bits per heavy atom. The van der Waals surface area contributed by atoms with E-state index < -0.39 is 12.1 Å². The molecule has 1 atom stereocenters. The number of hydrogen-bond acceptors (Lipinski definition) is 3. The summed E-state index contributed by atoms with van der Waals surface area (Å²) in [5.41, 5.74) is 3.95. The number of nitrogens with zero attached hydrogens (tertiary/aromatic N) is 1. The number of fused-ring (bicyclic) bond motifs is 1. The van der Waals surface area contributed by atoms with Crippen molar-refractivity contribution in [2.75, 3.05) is 11.4 Å². The smallest absolute Gasteiger partial charge is 0.475 e. The third-order valence-electron chi connectivity index (χ3n) is 5.81. The van der Waals surface area contributed by atoms with Crippen molar-refractivity contribution in [1.29, 1.82) is 0 Å². The van der Waals surface area contributed by atoms with Gasteiger partial charge in [-0.2, -0.15) is 13.2 Å². The van der Waals surface area contributed by atoms with Gasteiger partial charge in [0.1, 0.15) is 5.82 Å². The van der Waals surface area contributed by atoms with E-state index in [4.69, 9.17) is 9.90 Å². The number of amides is 1. The van der Waals surface area contributed by atoms with Gasteiger partial charge in [-0.05, 0) is 54.7 Å². The minimum absolute atomic E-state index is 0.00178. The summed E-state index contributed by atoms with van der Waals surface area (Å²) in [6.45, 7) is 2.26. The summed E-state index contributed by atoms with van der Waals surface area (Å²) in [6.07, 6.45) is -3.45. The van der Waals surface area contributed by atoms with Crippen molar-refractivity contribution in [3.8, 4) is 0 Å². The Morgan fingerprint density at radius 3 is 2.03 bits per heavy atom. The Kier molecular flexibility index (Phi) is 8.82. The number of anilines is 1. The number of nitrogens with one attached hydrogen (secondary N) is 1. The standard InChI is InChI=1S/C25H25FN2O.C2HF3O2/c1-18-12-13-21-16-22(26)14-15-23(21)28(18)24(29)17-27-25(19-8-4-2-5-9-19)20-10-6-3-7-11-20;3-2(4,5)1(6)7/h2-11,14-16,18,25,27H,12-13,17H2,1H3;(H,6,7). The number of carbonyl (C=O) groups excluding carboxylic acids is 1. The molecule has 0 saturated heterocycles. The Balaban J connectivity index is 0.000000454. The zero-order valence-electron chi connectivity index (χ0n) is 19.5. The molecule has 1 amide bonds. The summed E-state index contributed by atoms with van der Waals surface area (Å²) in [5.74, 6) is -3.01. The van der Waals surface area contributed by atoms with Gasteiger partial charge in [-0.3, -0.25) is 10.1 Å². The normalized spacial score (nSPS) is 15.1. The van der Waals surface area contributed by atoms with Crippen LogP contribution in [0.1, 0.15) is 36.1 Å². The van der Waals surface area contributed by atoms with Crippen LogP contribution in [0, 0.1) is 5.82 Å². The van der Waals surface area contributed by atoms with Gasteiger partial charge >= 0.3 is 12.1 Å². The molecule has 0 radical (unpaired) electrons. The highest BCUT2D eigenvalue weighted by Gasteiger charge is 2.38. The van der Waals surface area contributed by atoms with Crippen molar-refractivity contribution in [2.45, 2.75) is 38.0 Å². The Morgan fingerprint density at radius 2 is 1.53 bits per heavy atom. The molecule has 1 aliphatic heterocycles. The monoisotopic (exact) mass is 502 g/mol. The summed E-state index contributed by atoms with van der Waals surface area (Å²) < 4.78 is 45.4. The van der Waals surface area contributed by atoms with Gasteiger partial charge in [0, 0.05) is 11.7 Å². The van der Waals surface area contributed by atoms with E-state index in [1.54, 1.807) is 12.1 Å². The highest BCUT2D eigenvalue weighted by Crippen LogP contribution is 2.31. The summed E-state index contributed by atoms with van der Waals surface area (Å²) in [6, 6.07) is 25.0. The van der Waals surface area contributed by atoms with Crippen molar-refractivity contribution >= 4 is 17.6 Å². The number of carboxylic acid groups (broad SMARTS) is 1. The molecule has 4 rings (SSSR count). The molecule has 0 aliphatic carbocycles. The molecule has 190 valence electrons. The van der Waals surface area contributed by atoms with Crippen molar-refractivity contribution in [1.82, 2.24) is 5.32 Å². The number of benzene rings is 3. The molecular weight excluding hydrogens is 476 g/mol. The maximum Gasteiger partial charge on any atom is 0.490 e. The van der Waals surface area contributed by atoms with Crippen LogP contribution in [-0.2, 0) is 16.0 Å². The van der Waals surface area contributed by atoms with Gasteiger partial charge in [0.2, 0.25) is 5.91 Å². The van der Waals surface area contributed by atoms with Gasteiger partial charge < -0.3 is 10.0 Å². The molecule has 0 aromatic heterocycles. The van der Waals surface area contributed by atoms with Crippen molar-refractivity contribution in [3.05, 3.63) is 101 Å². The Bertz CT molecular complexity index is 1130. The van der Waals surface area contributed by atoms with Crippen LogP contribution in [0.25, 0.3) is 0 Å². The minimum Gasteiger partial charge on any atom is -0.475 e. The molecule has 1 heterocycles. The highest BCUT2D eigenvalue weighted by atomic mass is 19.4. The van der Waals surface area contributed by atoms with E-state index in [1.165, 1.54) is 6.07 Å². The Labute approximate surface area is 206 Å². The van der Waals surface area contributed by atoms with E-state index in [-0.39, 0.29) is 30.4 Å². The maximum atomic E-state index is 13.6. The van der Waals surface area contributed by atoms with E-state index in [1.807, 2.05) is 41.3 Å². The first-order chi connectivity index (χ1) is 17.1. The topological polar surface area (TPSA) is 69.6 Å². The Hall–Kier alpha value is -3.72. The lowest BCUT2D eigenvalue weighted by molar-refractivity contribution is -0.192. The largest absolute Gasteiger partial charge is 0.490 e. The first-order valence-electron chi connectivity index (χ1n) is 11.3. The summed E-state index contributed by atoms with van der Waals surface area (Å²) in [7, 11) is 0. The first-order valence-corrected chi connectivity index (χ1v) is 11.3. The number of carbonyl (C=O) groups is 2. The molecule has 0 spiro atoms. The lowest BCUT2D eigenvalue weighted by Gasteiger charge is -2.36. The van der Waals surface area contributed by atoms with Crippen LogP contribution < -0.4 is 10.2 Å². The van der Waals surface area contributed by atoms with E-state index in [0.29, 0.717) is 0 Å². The molecule has 1 aliphatic rings. The van der Waals surface area contributed by atoms with Crippen molar-refractivity contribution < 1.29 is 32.3 Å². The van der Waals surface area contributed by atoms with Crippen molar-refractivity contribution in [3.63, 3.8) is 0 Å². The highest BCUT2D eigenvalue weighted by molar-refractivity contribution is 5.96. The molecule has 1 unspecified atom stereocenters. The van der Waals surface area contributed by atoms with Crippen molar-refractivity contribution in [2.24, 2.45) is 0 Å². The van der Waals surface area contributed by atoms with Crippen LogP contribution in [0.4, 0.5) is 23.2 Å². The molecular formula is C27H26F4N2O3. The predicted molar refractivity (Wildman–Crippen MR) is 128 cm³/mol. The van der Waals surface area contributed by atoms with Gasteiger partial charge in [-0.15, -0.1) is 0 Å². The van der Waals surface area contributed by atoms with Crippen LogP contribution in [0.2, 0.25) is 0 Å². The zero-order chi connectivity index (χ0) is 26.3. The third kappa shape index (κ3) is 6.91. The second-order valence-corrected chi connectivity index (χ2v) is 8.36. The predicted octanol–water partition coefficient (Wildman–Crippen LogP) is 5.51. The van der Waals surface area contributed by atoms with Crippen LogP contribution in [-0.4, -0.2) is 35.7 Å². The fourth-order valence-corrected chi connectivity index (χ4v) is 4.09. The van der Waals surface area contributed by atoms with Crippen LogP contribution in [0.3, 0.4) is 0 Å². The number of rotatable bonds is 5. The molecule has 5 nitrogen and oxygen atoms in total. The average Bonchev–Trinajstić information content (AvgIpc) is 2.85. The second-order valence-electron chi connectivity index (χ2n) is 8.36. The SMILES string of the molecule is CC1CCc2cc(F)ccc2N1C(=O)CNC(c1ccccc1)c1ccccc1.O=C(O)C(F)(F)F. The minimum atomic E-state index is -5.08. The van der Waals surface area contributed by atoms with Gasteiger partial charge in [0.15, 0.2) is 0 Å². The number of alkyl halides is 3. The number of aliphatic carboxylic acids is 1. The zero-order valence-corrected chi connectivity index (χ0v) is 19.5. The number of aryl methyl sites for hydroxylation is 1. The summed E-state index contributed by atoms with van der Waals surface area (Å²) in [4.78, 5) is 23.9. The van der Waals surface area contributed by atoms with E-state index in [9.17, 15) is 22.4 Å². The molecule has 0 fully saturated rings. The van der Waals surface area contributed by atoms with Crippen LogP contribution >= 0.6 is 0 Å². The summed E-state index contributed by atoms with van der Waals surface area (Å²) in [5, 5.41) is 10.6. The van der Waals surface area contributed by atoms with Crippen LogP contribution in [0.5, 0.6) is 0 Å². The van der Waals surface area contributed by atoms with Gasteiger partial charge in [0.25, 0.3) is 0 Å². The lowest BCUT2D eigenvalue weighted by atomic mass is 9.96.